The summed E-state index contributed by atoms with van der Waals surface area (Å²) in [7, 11) is 1.60. The van der Waals surface area contributed by atoms with Gasteiger partial charge in [0.2, 0.25) is 0 Å². The first-order valence-corrected chi connectivity index (χ1v) is 10.3. The summed E-state index contributed by atoms with van der Waals surface area (Å²) in [5.74, 6) is 0.477. The Morgan fingerprint density at radius 2 is 2.20 bits per heavy atom. The van der Waals surface area contributed by atoms with Gasteiger partial charge in [-0.2, -0.15) is 0 Å². The summed E-state index contributed by atoms with van der Waals surface area (Å²) in [4.78, 5) is 30.3. The standard InChI is InChI=1S/C23H26N4O3/c1-3-20-23(29)26-19-12-15(4-7-21(19)30-20)14-27-10-8-16(9-11-27)17-5-6-18(25-13-17)22(28)24-2/h4-8,12-13,20H,3,9-11,14H2,1-2H3,(H,24,28)(H,26,29)/t20-/m0/s1. The molecule has 0 unspecified atom stereocenters. The molecule has 0 bridgehead atoms. The van der Waals surface area contributed by atoms with Gasteiger partial charge in [0.05, 0.1) is 5.69 Å². The lowest BCUT2D eigenvalue weighted by Crippen LogP contribution is -2.36. The molecule has 156 valence electrons. The van der Waals surface area contributed by atoms with Crippen LogP contribution < -0.4 is 15.4 Å². The van der Waals surface area contributed by atoms with Gasteiger partial charge >= 0.3 is 0 Å². The molecule has 2 aromatic rings. The molecular formula is C23H26N4O3. The molecule has 2 aliphatic heterocycles. The van der Waals surface area contributed by atoms with E-state index in [1.54, 1.807) is 19.3 Å². The molecule has 7 nitrogen and oxygen atoms in total. The van der Waals surface area contributed by atoms with Gasteiger partial charge in [0.15, 0.2) is 6.10 Å². The van der Waals surface area contributed by atoms with Gasteiger partial charge < -0.3 is 15.4 Å². The van der Waals surface area contributed by atoms with Crippen molar-refractivity contribution in [3.05, 3.63) is 59.4 Å². The molecule has 2 aliphatic rings. The zero-order valence-corrected chi connectivity index (χ0v) is 17.3. The third-order valence-electron chi connectivity index (χ3n) is 5.53. The number of pyridine rings is 1. The highest BCUT2D eigenvalue weighted by atomic mass is 16.5. The Morgan fingerprint density at radius 3 is 2.87 bits per heavy atom. The highest BCUT2D eigenvalue weighted by Crippen LogP contribution is 2.32. The summed E-state index contributed by atoms with van der Waals surface area (Å²) in [5, 5.41) is 5.54. The lowest BCUT2D eigenvalue weighted by Gasteiger charge is -2.28. The fourth-order valence-corrected chi connectivity index (χ4v) is 3.79. The number of hydrogen-bond acceptors (Lipinski definition) is 5. The van der Waals surface area contributed by atoms with Crippen LogP contribution in [0.15, 0.2) is 42.6 Å². The van der Waals surface area contributed by atoms with Crippen molar-refractivity contribution in [3.8, 4) is 5.75 Å². The van der Waals surface area contributed by atoms with Crippen molar-refractivity contribution in [2.24, 2.45) is 0 Å². The van der Waals surface area contributed by atoms with Gasteiger partial charge in [0.1, 0.15) is 11.4 Å². The summed E-state index contributed by atoms with van der Waals surface area (Å²) in [6.45, 7) is 4.51. The fraction of sp³-hybridized carbons (Fsp3) is 0.348. The lowest BCUT2D eigenvalue weighted by molar-refractivity contribution is -0.123. The third kappa shape index (κ3) is 4.21. The topological polar surface area (TPSA) is 83.6 Å². The lowest BCUT2D eigenvalue weighted by atomic mass is 10.0. The highest BCUT2D eigenvalue weighted by Gasteiger charge is 2.26. The normalized spacial score (nSPS) is 18.7. The minimum atomic E-state index is -0.408. The number of benzene rings is 1. The second-order valence-corrected chi connectivity index (χ2v) is 7.56. The van der Waals surface area contributed by atoms with Crippen LogP contribution in [0.1, 0.15) is 41.4 Å². The molecule has 0 fully saturated rings. The second-order valence-electron chi connectivity index (χ2n) is 7.56. The molecule has 4 rings (SSSR count). The van der Waals surface area contributed by atoms with Crippen molar-refractivity contribution in [3.63, 3.8) is 0 Å². The maximum absolute atomic E-state index is 12.1. The molecule has 1 atom stereocenters. The van der Waals surface area contributed by atoms with E-state index in [-0.39, 0.29) is 11.8 Å². The summed E-state index contributed by atoms with van der Waals surface area (Å²) >= 11 is 0. The molecule has 30 heavy (non-hydrogen) atoms. The first-order chi connectivity index (χ1) is 14.6. The average molecular weight is 406 g/mol. The van der Waals surface area contributed by atoms with Crippen molar-refractivity contribution in [1.29, 1.82) is 0 Å². The van der Waals surface area contributed by atoms with E-state index in [0.29, 0.717) is 12.1 Å². The molecule has 2 N–H and O–H groups in total. The number of fused-ring (bicyclic) bond motifs is 1. The number of anilines is 1. The number of hydrogen-bond donors (Lipinski definition) is 2. The van der Waals surface area contributed by atoms with E-state index >= 15 is 0 Å². The van der Waals surface area contributed by atoms with E-state index in [4.69, 9.17) is 4.74 Å². The second kappa shape index (κ2) is 8.67. The summed E-state index contributed by atoms with van der Waals surface area (Å²) in [6.07, 6.45) is 5.15. The maximum Gasteiger partial charge on any atom is 0.269 e. The number of amides is 2. The first kappa shape index (κ1) is 20.1. The number of nitrogens with zero attached hydrogens (tertiary/aromatic N) is 2. The predicted molar refractivity (Wildman–Crippen MR) is 115 cm³/mol. The fourth-order valence-electron chi connectivity index (χ4n) is 3.79. The Balaban J connectivity index is 1.39. The van der Waals surface area contributed by atoms with Crippen LogP contribution in [0.25, 0.3) is 5.57 Å². The van der Waals surface area contributed by atoms with Crippen molar-refractivity contribution < 1.29 is 14.3 Å². The molecule has 0 aliphatic carbocycles. The molecule has 0 saturated carbocycles. The first-order valence-electron chi connectivity index (χ1n) is 10.3. The van der Waals surface area contributed by atoms with E-state index in [0.717, 1.165) is 48.6 Å². The number of rotatable bonds is 5. The Hall–Kier alpha value is -3.19. The van der Waals surface area contributed by atoms with Crippen LogP contribution in [-0.4, -0.2) is 47.9 Å². The van der Waals surface area contributed by atoms with Gasteiger partial charge in [-0.3, -0.25) is 19.5 Å². The molecular weight excluding hydrogens is 380 g/mol. The van der Waals surface area contributed by atoms with Gasteiger partial charge in [0, 0.05) is 32.9 Å². The van der Waals surface area contributed by atoms with Crippen LogP contribution >= 0.6 is 0 Å². The largest absolute Gasteiger partial charge is 0.478 e. The number of aromatic nitrogens is 1. The number of ether oxygens (including phenoxy) is 1. The Labute approximate surface area is 176 Å². The van der Waals surface area contributed by atoms with Crippen LogP contribution in [0.3, 0.4) is 0 Å². The van der Waals surface area contributed by atoms with Crippen LogP contribution in [0, 0.1) is 0 Å². The van der Waals surface area contributed by atoms with Crippen molar-refractivity contribution >= 4 is 23.1 Å². The Morgan fingerprint density at radius 1 is 1.33 bits per heavy atom. The minimum Gasteiger partial charge on any atom is -0.478 e. The van der Waals surface area contributed by atoms with Gasteiger partial charge in [0.25, 0.3) is 11.8 Å². The monoisotopic (exact) mass is 406 g/mol. The average Bonchev–Trinajstić information content (AvgIpc) is 2.78. The van der Waals surface area contributed by atoms with E-state index in [1.165, 1.54) is 5.57 Å². The highest BCUT2D eigenvalue weighted by molar-refractivity contribution is 5.97. The maximum atomic E-state index is 12.1. The van der Waals surface area contributed by atoms with Gasteiger partial charge in [-0.1, -0.05) is 25.1 Å². The summed E-state index contributed by atoms with van der Waals surface area (Å²) in [5.41, 5.74) is 4.62. The summed E-state index contributed by atoms with van der Waals surface area (Å²) < 4.78 is 5.77. The molecule has 1 aromatic heterocycles. The number of nitrogens with one attached hydrogen (secondary N) is 2. The molecule has 0 radical (unpaired) electrons. The van der Waals surface area contributed by atoms with Crippen molar-refractivity contribution in [1.82, 2.24) is 15.2 Å². The van der Waals surface area contributed by atoms with Crippen LogP contribution in [0.5, 0.6) is 5.75 Å². The van der Waals surface area contributed by atoms with E-state index < -0.39 is 6.10 Å². The number of carbonyl (C=O) groups is 2. The Bertz CT molecular complexity index is 984. The van der Waals surface area contributed by atoms with Gasteiger partial charge in [-0.05, 0) is 47.7 Å². The van der Waals surface area contributed by atoms with Crippen molar-refractivity contribution in [2.75, 3.05) is 25.5 Å². The molecule has 1 aromatic carbocycles. The van der Waals surface area contributed by atoms with Crippen LogP contribution in [0.2, 0.25) is 0 Å². The number of carbonyl (C=O) groups excluding carboxylic acids is 2. The zero-order chi connectivity index (χ0) is 21.1. The minimum absolute atomic E-state index is 0.0799. The SMILES string of the molecule is CC[C@@H]1Oc2ccc(CN3CC=C(c4ccc(C(=O)NC)nc4)CC3)cc2NC1=O. The van der Waals surface area contributed by atoms with Gasteiger partial charge in [-0.25, -0.2) is 0 Å². The molecule has 0 saturated heterocycles. The molecule has 0 spiro atoms. The van der Waals surface area contributed by atoms with E-state index in [9.17, 15) is 9.59 Å². The molecule has 2 amide bonds. The van der Waals surface area contributed by atoms with E-state index in [1.807, 2.05) is 25.1 Å². The van der Waals surface area contributed by atoms with E-state index in [2.05, 4.69) is 32.7 Å². The molecule has 7 heteroatoms. The predicted octanol–water partition coefficient (Wildman–Crippen LogP) is 2.84. The zero-order valence-electron chi connectivity index (χ0n) is 17.3. The van der Waals surface area contributed by atoms with Gasteiger partial charge in [-0.15, -0.1) is 0 Å². The Kier molecular flexibility index (Phi) is 5.81. The smallest absolute Gasteiger partial charge is 0.269 e. The third-order valence-corrected chi connectivity index (χ3v) is 5.53. The van der Waals surface area contributed by atoms with Crippen LogP contribution in [-0.2, 0) is 11.3 Å². The summed E-state index contributed by atoms with van der Waals surface area (Å²) in [6, 6.07) is 9.71. The van der Waals surface area contributed by atoms with Crippen LogP contribution in [0.4, 0.5) is 5.69 Å². The quantitative estimate of drug-likeness (QED) is 0.798. The molecule has 3 heterocycles. The van der Waals surface area contributed by atoms with Crippen molar-refractivity contribution in [2.45, 2.75) is 32.4 Å².